The minimum atomic E-state index is 0.310. The third kappa shape index (κ3) is 2.10. The fraction of sp³-hybridized carbons (Fsp3) is 1.00. The molecule has 1 unspecified atom stereocenters. The molecule has 1 N–H and O–H groups in total. The van der Waals surface area contributed by atoms with Crippen molar-refractivity contribution in [1.82, 2.24) is 10.2 Å². The van der Waals surface area contributed by atoms with Crippen molar-refractivity contribution in [3.8, 4) is 0 Å². The number of methoxy groups -OCH3 is 1. The van der Waals surface area contributed by atoms with E-state index in [9.17, 15) is 0 Å². The zero-order chi connectivity index (χ0) is 10.6. The molecule has 3 nitrogen and oxygen atoms in total. The molecule has 1 rings (SSSR count). The monoisotopic (exact) mass is 200 g/mol. The smallest absolute Gasteiger partial charge is 0.0633 e. The molecule has 0 heterocycles. The average molecular weight is 200 g/mol. The Labute approximate surface area is 87.8 Å². The maximum Gasteiger partial charge on any atom is 0.0633 e. The molecule has 1 fully saturated rings. The van der Waals surface area contributed by atoms with Gasteiger partial charge in [-0.2, -0.15) is 0 Å². The molecule has 0 amide bonds. The van der Waals surface area contributed by atoms with Crippen molar-refractivity contribution < 1.29 is 4.74 Å². The highest BCUT2D eigenvalue weighted by Crippen LogP contribution is 2.36. The summed E-state index contributed by atoms with van der Waals surface area (Å²) in [5.74, 6) is 0. The van der Waals surface area contributed by atoms with Gasteiger partial charge in [-0.25, -0.2) is 0 Å². The zero-order valence-corrected chi connectivity index (χ0v) is 9.97. The minimum absolute atomic E-state index is 0.310. The first kappa shape index (κ1) is 12.0. The largest absolute Gasteiger partial charge is 0.383 e. The maximum atomic E-state index is 5.29. The molecule has 0 saturated heterocycles. The lowest BCUT2D eigenvalue weighted by atomic mass is 9.87. The van der Waals surface area contributed by atoms with Crippen LogP contribution < -0.4 is 5.32 Å². The standard InChI is InChI=1S/C11H24N2O/c1-12-10(9-14-4)11(13(2)3)7-5-6-8-11/h10,12H,5-9H2,1-4H3. The van der Waals surface area contributed by atoms with Crippen molar-refractivity contribution in [2.24, 2.45) is 0 Å². The second kappa shape index (κ2) is 5.10. The first-order valence-electron chi connectivity index (χ1n) is 5.51. The van der Waals surface area contributed by atoms with Crippen molar-refractivity contribution in [3.63, 3.8) is 0 Å². The Kier molecular flexibility index (Phi) is 4.35. The van der Waals surface area contributed by atoms with E-state index in [0.717, 1.165) is 6.61 Å². The molecule has 0 aromatic carbocycles. The van der Waals surface area contributed by atoms with Gasteiger partial charge < -0.3 is 15.0 Å². The van der Waals surface area contributed by atoms with Crippen LogP contribution in [0.15, 0.2) is 0 Å². The van der Waals surface area contributed by atoms with E-state index in [0.29, 0.717) is 11.6 Å². The Bertz CT molecular complexity index is 165. The number of rotatable bonds is 5. The number of ether oxygens (including phenoxy) is 1. The Hall–Kier alpha value is -0.120. The molecule has 3 heteroatoms. The number of nitrogens with one attached hydrogen (secondary N) is 1. The molecule has 1 atom stereocenters. The lowest BCUT2D eigenvalue weighted by Gasteiger charge is -2.43. The molecule has 0 aromatic rings. The predicted molar refractivity (Wildman–Crippen MR) is 59.6 cm³/mol. The van der Waals surface area contributed by atoms with Gasteiger partial charge in [0, 0.05) is 18.7 Å². The molecule has 1 aliphatic rings. The molecule has 14 heavy (non-hydrogen) atoms. The lowest BCUT2D eigenvalue weighted by molar-refractivity contribution is 0.0552. The SMILES string of the molecule is CNC(COC)C1(N(C)C)CCCC1. The van der Waals surface area contributed by atoms with Crippen molar-refractivity contribution in [3.05, 3.63) is 0 Å². The van der Waals surface area contributed by atoms with E-state index in [-0.39, 0.29) is 0 Å². The van der Waals surface area contributed by atoms with E-state index in [1.807, 2.05) is 7.05 Å². The van der Waals surface area contributed by atoms with Crippen LogP contribution in [-0.2, 0) is 4.74 Å². The van der Waals surface area contributed by atoms with Gasteiger partial charge in [0.15, 0.2) is 0 Å². The fourth-order valence-corrected chi connectivity index (χ4v) is 2.77. The molecule has 0 radical (unpaired) electrons. The first-order chi connectivity index (χ1) is 6.67. The van der Waals surface area contributed by atoms with Crippen molar-refractivity contribution in [1.29, 1.82) is 0 Å². The van der Waals surface area contributed by atoms with E-state index in [2.05, 4.69) is 24.3 Å². The van der Waals surface area contributed by atoms with Gasteiger partial charge in [0.05, 0.1) is 6.61 Å². The van der Waals surface area contributed by atoms with Crippen LogP contribution >= 0.6 is 0 Å². The van der Waals surface area contributed by atoms with Crippen LogP contribution in [0.3, 0.4) is 0 Å². The molecule has 0 bridgehead atoms. The van der Waals surface area contributed by atoms with E-state index in [1.54, 1.807) is 7.11 Å². The highest BCUT2D eigenvalue weighted by molar-refractivity contribution is 5.01. The molecular weight excluding hydrogens is 176 g/mol. The second-order valence-corrected chi connectivity index (χ2v) is 4.50. The Morgan fingerprint density at radius 1 is 1.36 bits per heavy atom. The summed E-state index contributed by atoms with van der Waals surface area (Å²) in [6.07, 6.45) is 5.27. The Morgan fingerprint density at radius 2 is 1.93 bits per heavy atom. The molecular formula is C11H24N2O. The normalized spacial score (nSPS) is 22.9. The van der Waals surface area contributed by atoms with Gasteiger partial charge in [0.1, 0.15) is 0 Å². The van der Waals surface area contributed by atoms with E-state index < -0.39 is 0 Å². The molecule has 1 aliphatic carbocycles. The predicted octanol–water partition coefficient (Wildman–Crippen LogP) is 1.10. The average Bonchev–Trinajstić information content (AvgIpc) is 2.64. The Morgan fingerprint density at radius 3 is 2.29 bits per heavy atom. The summed E-state index contributed by atoms with van der Waals surface area (Å²) in [4.78, 5) is 2.38. The van der Waals surface area contributed by atoms with Gasteiger partial charge in [0.25, 0.3) is 0 Å². The van der Waals surface area contributed by atoms with Crippen LogP contribution in [-0.4, -0.2) is 51.3 Å². The third-order valence-electron chi connectivity index (χ3n) is 3.69. The Balaban J connectivity index is 2.73. The van der Waals surface area contributed by atoms with Crippen LogP contribution in [0.1, 0.15) is 25.7 Å². The molecule has 0 aliphatic heterocycles. The molecule has 1 saturated carbocycles. The van der Waals surface area contributed by atoms with Gasteiger partial charge in [0.2, 0.25) is 0 Å². The van der Waals surface area contributed by atoms with Crippen molar-refractivity contribution in [2.75, 3.05) is 34.9 Å². The first-order valence-corrected chi connectivity index (χ1v) is 5.51. The highest BCUT2D eigenvalue weighted by atomic mass is 16.5. The summed E-state index contributed by atoms with van der Waals surface area (Å²) < 4.78 is 5.29. The maximum absolute atomic E-state index is 5.29. The third-order valence-corrected chi connectivity index (χ3v) is 3.69. The van der Waals surface area contributed by atoms with Gasteiger partial charge in [-0.1, -0.05) is 12.8 Å². The summed E-state index contributed by atoms with van der Waals surface area (Å²) in [6, 6.07) is 0.449. The molecule has 0 aromatic heterocycles. The minimum Gasteiger partial charge on any atom is -0.383 e. The lowest BCUT2D eigenvalue weighted by Crippen LogP contribution is -2.58. The summed E-state index contributed by atoms with van der Waals surface area (Å²) in [6.45, 7) is 0.800. The van der Waals surface area contributed by atoms with E-state index in [4.69, 9.17) is 4.74 Å². The number of hydrogen-bond acceptors (Lipinski definition) is 3. The quantitative estimate of drug-likeness (QED) is 0.719. The summed E-state index contributed by atoms with van der Waals surface area (Å²) in [5.41, 5.74) is 0.310. The number of nitrogens with zero attached hydrogens (tertiary/aromatic N) is 1. The summed E-state index contributed by atoms with van der Waals surface area (Å²) in [5, 5.41) is 3.40. The second-order valence-electron chi connectivity index (χ2n) is 4.50. The van der Waals surface area contributed by atoms with Crippen LogP contribution in [0, 0.1) is 0 Å². The van der Waals surface area contributed by atoms with Crippen molar-refractivity contribution >= 4 is 0 Å². The topological polar surface area (TPSA) is 24.5 Å². The van der Waals surface area contributed by atoms with Crippen LogP contribution in [0.5, 0.6) is 0 Å². The van der Waals surface area contributed by atoms with E-state index >= 15 is 0 Å². The van der Waals surface area contributed by atoms with Gasteiger partial charge in [-0.05, 0) is 34.0 Å². The summed E-state index contributed by atoms with van der Waals surface area (Å²) in [7, 11) is 8.19. The highest BCUT2D eigenvalue weighted by Gasteiger charge is 2.42. The number of likely N-dealkylation sites (N-methyl/N-ethyl adjacent to an activating group) is 2. The summed E-state index contributed by atoms with van der Waals surface area (Å²) >= 11 is 0. The zero-order valence-electron chi connectivity index (χ0n) is 9.97. The number of hydrogen-bond donors (Lipinski definition) is 1. The van der Waals surface area contributed by atoms with Gasteiger partial charge in [-0.15, -0.1) is 0 Å². The van der Waals surface area contributed by atoms with E-state index in [1.165, 1.54) is 25.7 Å². The van der Waals surface area contributed by atoms with Crippen molar-refractivity contribution in [2.45, 2.75) is 37.3 Å². The van der Waals surface area contributed by atoms with Crippen LogP contribution in [0.2, 0.25) is 0 Å². The molecule has 0 spiro atoms. The van der Waals surface area contributed by atoms with Crippen LogP contribution in [0.4, 0.5) is 0 Å². The van der Waals surface area contributed by atoms with Gasteiger partial charge in [-0.3, -0.25) is 0 Å². The van der Waals surface area contributed by atoms with Gasteiger partial charge >= 0.3 is 0 Å². The van der Waals surface area contributed by atoms with Crippen LogP contribution in [0.25, 0.3) is 0 Å². The molecule has 84 valence electrons. The fourth-order valence-electron chi connectivity index (χ4n) is 2.77.